The maximum Gasteiger partial charge on any atom is 0.201 e. The number of methoxy groups -OCH3 is 1. The molecule has 1 aromatic heterocycles. The molecule has 2 rings (SSSR count). The van der Waals surface area contributed by atoms with Crippen molar-refractivity contribution in [2.45, 2.75) is 42.6 Å². The van der Waals surface area contributed by atoms with Crippen LogP contribution in [0.5, 0.6) is 11.5 Å². The summed E-state index contributed by atoms with van der Waals surface area (Å²) in [5.41, 5.74) is 0.485. The SMILES string of the molecule is CCCC(I)Oc1c(F)cnc(C(C#N)C2CC2)c1OC. The highest BCUT2D eigenvalue weighted by atomic mass is 127. The van der Waals surface area contributed by atoms with E-state index in [0.29, 0.717) is 11.6 Å². The van der Waals surface area contributed by atoms with Gasteiger partial charge in [-0.15, -0.1) is 0 Å². The van der Waals surface area contributed by atoms with E-state index >= 15 is 0 Å². The zero-order valence-corrected chi connectivity index (χ0v) is 14.3. The molecule has 1 heterocycles. The van der Waals surface area contributed by atoms with E-state index in [1.54, 1.807) is 0 Å². The number of ether oxygens (including phenoxy) is 2. The zero-order valence-electron chi connectivity index (χ0n) is 12.1. The Kier molecular flexibility index (Phi) is 5.62. The molecule has 2 atom stereocenters. The summed E-state index contributed by atoms with van der Waals surface area (Å²) in [6.07, 6.45) is 4.88. The normalized spacial score (nSPS) is 16.9. The summed E-state index contributed by atoms with van der Waals surface area (Å²) in [5.74, 6) is -0.300. The lowest BCUT2D eigenvalue weighted by molar-refractivity contribution is 0.256. The number of aromatic nitrogens is 1. The van der Waals surface area contributed by atoms with E-state index in [1.807, 2.05) is 6.92 Å². The van der Waals surface area contributed by atoms with Crippen molar-refractivity contribution in [1.82, 2.24) is 4.98 Å². The molecule has 0 bridgehead atoms. The molecule has 0 spiro atoms. The van der Waals surface area contributed by atoms with Gasteiger partial charge in [0.05, 0.1) is 25.3 Å². The Morgan fingerprint density at radius 2 is 2.24 bits per heavy atom. The maximum atomic E-state index is 14.0. The molecule has 1 aliphatic rings. The van der Waals surface area contributed by atoms with Crippen LogP contribution in [0.3, 0.4) is 0 Å². The second-order valence-corrected chi connectivity index (χ2v) is 6.50. The molecule has 0 N–H and O–H groups in total. The van der Waals surface area contributed by atoms with Crippen LogP contribution in [0.1, 0.15) is 44.2 Å². The third kappa shape index (κ3) is 3.76. The number of hydrogen-bond acceptors (Lipinski definition) is 4. The van der Waals surface area contributed by atoms with Gasteiger partial charge < -0.3 is 9.47 Å². The molecular weight excluding hydrogens is 386 g/mol. The second-order valence-electron chi connectivity index (χ2n) is 5.11. The van der Waals surface area contributed by atoms with Crippen LogP contribution >= 0.6 is 22.6 Å². The predicted octanol–water partition coefficient (Wildman–Crippen LogP) is 4.19. The van der Waals surface area contributed by atoms with Crippen molar-refractivity contribution in [3.05, 3.63) is 17.7 Å². The Labute approximate surface area is 137 Å². The maximum absolute atomic E-state index is 14.0. The van der Waals surface area contributed by atoms with Crippen LogP contribution in [0.25, 0.3) is 0 Å². The highest BCUT2D eigenvalue weighted by Gasteiger charge is 2.36. The Morgan fingerprint density at radius 1 is 1.52 bits per heavy atom. The lowest BCUT2D eigenvalue weighted by Gasteiger charge is -2.19. The standard InChI is InChI=1S/C15H18FIN2O2/c1-3-4-12(17)21-14-11(16)8-19-13(15(14)20-2)10(7-18)9-5-6-9/h8-10,12H,3-6H2,1-2H3. The van der Waals surface area contributed by atoms with E-state index in [4.69, 9.17) is 9.47 Å². The lowest BCUT2D eigenvalue weighted by atomic mass is 10.00. The monoisotopic (exact) mass is 404 g/mol. The summed E-state index contributed by atoms with van der Waals surface area (Å²) in [6.45, 7) is 2.04. The van der Waals surface area contributed by atoms with Gasteiger partial charge >= 0.3 is 0 Å². The van der Waals surface area contributed by atoms with Gasteiger partial charge in [0.25, 0.3) is 0 Å². The fraction of sp³-hybridized carbons (Fsp3) is 0.600. The van der Waals surface area contributed by atoms with Gasteiger partial charge in [-0.3, -0.25) is 4.98 Å². The van der Waals surface area contributed by atoms with Crippen LogP contribution < -0.4 is 9.47 Å². The van der Waals surface area contributed by atoms with Crippen molar-refractivity contribution in [3.63, 3.8) is 0 Å². The van der Waals surface area contributed by atoms with Gasteiger partial charge in [0.1, 0.15) is 9.80 Å². The molecule has 1 aliphatic carbocycles. The Hall–Kier alpha value is -1.10. The lowest BCUT2D eigenvalue weighted by Crippen LogP contribution is -2.12. The molecule has 0 amide bonds. The molecule has 1 aromatic rings. The first-order valence-electron chi connectivity index (χ1n) is 7.05. The molecule has 0 aliphatic heterocycles. The molecule has 6 heteroatoms. The number of rotatable bonds is 7. The van der Waals surface area contributed by atoms with Crippen LogP contribution in [-0.2, 0) is 0 Å². The Bertz CT molecular complexity index is 543. The summed E-state index contributed by atoms with van der Waals surface area (Å²) in [7, 11) is 1.45. The van der Waals surface area contributed by atoms with Gasteiger partial charge in [0.2, 0.25) is 5.75 Å². The van der Waals surface area contributed by atoms with Crippen molar-refractivity contribution in [2.24, 2.45) is 5.92 Å². The van der Waals surface area contributed by atoms with Crippen LogP contribution in [0.15, 0.2) is 6.20 Å². The van der Waals surface area contributed by atoms with Gasteiger partial charge in [-0.1, -0.05) is 13.3 Å². The number of pyridine rings is 1. The molecular formula is C15H18FIN2O2. The zero-order chi connectivity index (χ0) is 15.4. The minimum atomic E-state index is -0.555. The highest BCUT2D eigenvalue weighted by Crippen LogP contribution is 2.46. The number of hydrogen-bond donors (Lipinski definition) is 0. The largest absolute Gasteiger partial charge is 0.491 e. The minimum Gasteiger partial charge on any atom is -0.491 e. The number of nitrogens with zero attached hydrogens (tertiary/aromatic N) is 2. The van der Waals surface area contributed by atoms with E-state index < -0.39 is 5.82 Å². The molecule has 21 heavy (non-hydrogen) atoms. The molecule has 1 saturated carbocycles. The van der Waals surface area contributed by atoms with Gasteiger partial charge in [0.15, 0.2) is 11.6 Å². The van der Waals surface area contributed by atoms with Crippen molar-refractivity contribution in [1.29, 1.82) is 5.26 Å². The first-order chi connectivity index (χ1) is 10.1. The van der Waals surface area contributed by atoms with Crippen molar-refractivity contribution in [3.8, 4) is 17.6 Å². The molecule has 114 valence electrons. The van der Waals surface area contributed by atoms with Gasteiger partial charge in [-0.2, -0.15) is 5.26 Å². The molecule has 1 fully saturated rings. The number of nitriles is 1. The first-order valence-corrected chi connectivity index (χ1v) is 8.29. The van der Waals surface area contributed by atoms with Crippen LogP contribution in [-0.4, -0.2) is 16.2 Å². The molecule has 4 nitrogen and oxygen atoms in total. The Morgan fingerprint density at radius 3 is 2.76 bits per heavy atom. The van der Waals surface area contributed by atoms with E-state index in [2.05, 4.69) is 33.6 Å². The summed E-state index contributed by atoms with van der Waals surface area (Å²) in [6, 6.07) is 2.26. The van der Waals surface area contributed by atoms with Crippen molar-refractivity contribution < 1.29 is 13.9 Å². The molecule has 0 radical (unpaired) electrons. The predicted molar refractivity (Wildman–Crippen MR) is 85.2 cm³/mol. The smallest absolute Gasteiger partial charge is 0.201 e. The second kappa shape index (κ2) is 7.25. The summed E-state index contributed by atoms with van der Waals surface area (Å²) in [5, 5.41) is 9.35. The van der Waals surface area contributed by atoms with Gasteiger partial charge in [-0.05, 0) is 47.8 Å². The fourth-order valence-corrected chi connectivity index (χ4v) is 3.11. The molecule has 0 aromatic carbocycles. The first kappa shape index (κ1) is 16.3. The van der Waals surface area contributed by atoms with Crippen molar-refractivity contribution >= 4 is 22.6 Å². The Balaban J connectivity index is 2.36. The van der Waals surface area contributed by atoms with E-state index in [-0.39, 0.29) is 21.5 Å². The van der Waals surface area contributed by atoms with Crippen molar-refractivity contribution in [2.75, 3.05) is 7.11 Å². The van der Waals surface area contributed by atoms with E-state index in [0.717, 1.165) is 31.9 Å². The topological polar surface area (TPSA) is 55.1 Å². The van der Waals surface area contributed by atoms with Crippen LogP contribution in [0.2, 0.25) is 0 Å². The number of alkyl halides is 1. The third-order valence-corrected chi connectivity index (χ3v) is 4.34. The summed E-state index contributed by atoms with van der Waals surface area (Å²) in [4.78, 5) is 4.09. The third-order valence-electron chi connectivity index (χ3n) is 3.47. The summed E-state index contributed by atoms with van der Waals surface area (Å²) < 4.78 is 24.9. The average molecular weight is 404 g/mol. The fourth-order valence-electron chi connectivity index (χ4n) is 2.23. The van der Waals surface area contributed by atoms with E-state index in [9.17, 15) is 9.65 Å². The summed E-state index contributed by atoms with van der Waals surface area (Å²) >= 11 is 2.13. The van der Waals surface area contributed by atoms with E-state index in [1.165, 1.54) is 7.11 Å². The number of halogens is 2. The highest BCUT2D eigenvalue weighted by molar-refractivity contribution is 14.1. The molecule has 0 saturated heterocycles. The van der Waals surface area contributed by atoms with Crippen LogP contribution in [0.4, 0.5) is 4.39 Å². The quantitative estimate of drug-likeness (QED) is 0.505. The van der Waals surface area contributed by atoms with Crippen LogP contribution in [0, 0.1) is 23.1 Å². The van der Waals surface area contributed by atoms with Gasteiger partial charge in [-0.25, -0.2) is 4.39 Å². The molecule has 2 unspecified atom stereocenters. The van der Waals surface area contributed by atoms with Gasteiger partial charge in [0, 0.05) is 0 Å². The minimum absolute atomic E-state index is 0.0660. The average Bonchev–Trinajstić information content (AvgIpc) is 3.28.